The smallest absolute Gasteiger partial charge is 0.308 e. The van der Waals surface area contributed by atoms with Crippen LogP contribution in [0.15, 0.2) is 0 Å². The van der Waals surface area contributed by atoms with Gasteiger partial charge in [0.15, 0.2) is 0 Å². The number of hydrogen-bond donors (Lipinski definition) is 4. The van der Waals surface area contributed by atoms with E-state index in [4.69, 9.17) is 0 Å². The number of carboxylic acids is 2. The van der Waals surface area contributed by atoms with Crippen molar-refractivity contribution in [1.82, 2.24) is 10.6 Å². The summed E-state index contributed by atoms with van der Waals surface area (Å²) in [6.45, 7) is 14.3. The van der Waals surface area contributed by atoms with Crippen molar-refractivity contribution in [3.05, 3.63) is 0 Å². The van der Waals surface area contributed by atoms with Crippen molar-refractivity contribution in [3.63, 3.8) is 0 Å². The number of nitrogens with one attached hydrogen (secondary N) is 2. The Kier molecular flexibility index (Phi) is 11.3. The van der Waals surface area contributed by atoms with E-state index in [1.807, 2.05) is 0 Å². The Morgan fingerprint density at radius 2 is 1.49 bits per heavy atom. The summed E-state index contributed by atoms with van der Waals surface area (Å²) in [4.78, 5) is 50.4. The van der Waals surface area contributed by atoms with Gasteiger partial charge in [-0.25, -0.2) is 0 Å². The molecule has 0 aromatic carbocycles. The van der Waals surface area contributed by atoms with Crippen molar-refractivity contribution in [2.45, 2.75) is 112 Å². The number of carbonyl (C=O) groups excluding carboxylic acids is 2. The van der Waals surface area contributed by atoms with Gasteiger partial charge in [-0.05, 0) is 73.5 Å². The van der Waals surface area contributed by atoms with Crippen molar-refractivity contribution >= 4 is 23.8 Å². The van der Waals surface area contributed by atoms with Crippen LogP contribution in [0.3, 0.4) is 0 Å². The van der Waals surface area contributed by atoms with Gasteiger partial charge >= 0.3 is 11.9 Å². The monoisotopic (exact) mass is 576 g/mol. The summed E-state index contributed by atoms with van der Waals surface area (Å²) in [5, 5.41) is 25.4. The van der Waals surface area contributed by atoms with E-state index in [2.05, 4.69) is 45.3 Å². The molecule has 3 aliphatic carbocycles. The Morgan fingerprint density at radius 3 is 2.00 bits per heavy atom. The first-order chi connectivity index (χ1) is 19.3. The van der Waals surface area contributed by atoms with Crippen LogP contribution in [-0.4, -0.2) is 47.1 Å². The molecule has 8 nitrogen and oxygen atoms in total. The van der Waals surface area contributed by atoms with E-state index < -0.39 is 47.4 Å². The maximum atomic E-state index is 13.5. The highest BCUT2D eigenvalue weighted by molar-refractivity contribution is 5.94. The van der Waals surface area contributed by atoms with Gasteiger partial charge in [0.05, 0.1) is 23.7 Å². The Morgan fingerprint density at radius 1 is 0.805 bits per heavy atom. The maximum Gasteiger partial charge on any atom is 0.308 e. The van der Waals surface area contributed by atoms with E-state index in [9.17, 15) is 29.4 Å². The second-order valence-corrected chi connectivity index (χ2v) is 14.4. The first kappa shape index (κ1) is 33.4. The first-order valence-electron chi connectivity index (χ1n) is 16.3. The molecular weight excluding hydrogens is 520 g/mol. The summed E-state index contributed by atoms with van der Waals surface area (Å²) in [6.07, 6.45) is 11.9. The third kappa shape index (κ3) is 7.27. The highest BCUT2D eigenvalue weighted by atomic mass is 16.4. The molecule has 0 heterocycles. The first-order valence-corrected chi connectivity index (χ1v) is 16.3. The molecule has 0 saturated heterocycles. The zero-order valence-corrected chi connectivity index (χ0v) is 26.3. The molecule has 0 radical (unpaired) electrons. The summed E-state index contributed by atoms with van der Waals surface area (Å²) >= 11 is 0. The molecule has 0 spiro atoms. The predicted molar refractivity (Wildman–Crippen MR) is 159 cm³/mol. The van der Waals surface area contributed by atoms with Gasteiger partial charge in [0.25, 0.3) is 0 Å². The normalized spacial score (nSPS) is 31.4. The Balaban J connectivity index is 1.71. The quantitative estimate of drug-likeness (QED) is 0.185. The summed E-state index contributed by atoms with van der Waals surface area (Å²) < 4.78 is 0. The van der Waals surface area contributed by atoms with Gasteiger partial charge in [0.2, 0.25) is 11.8 Å². The third-order valence-electron chi connectivity index (χ3n) is 11.8. The standard InChI is InChI=1S/C33H56N2O6/c1-7-15-32(4,5)33(6,8-2)18-21-16-22(23(21)14-13-20-11-10-12-20)19-35-29(37)26-25(30(38)39)17-24(27(26)31(40)41)28(36)34-9-3/h20-27H,7-19H2,1-6H3,(H,34,36)(H,35,37)(H,38,39)(H,40,41). The average Bonchev–Trinajstić information content (AvgIpc) is 3.28. The van der Waals surface area contributed by atoms with Crippen LogP contribution in [-0.2, 0) is 19.2 Å². The highest BCUT2D eigenvalue weighted by Crippen LogP contribution is 2.56. The number of rotatable bonds is 16. The van der Waals surface area contributed by atoms with Crippen LogP contribution in [0.1, 0.15) is 112 Å². The van der Waals surface area contributed by atoms with Gasteiger partial charge in [0, 0.05) is 13.1 Å². The van der Waals surface area contributed by atoms with Crippen LogP contribution in [0.25, 0.3) is 0 Å². The molecule has 3 fully saturated rings. The Bertz CT molecular complexity index is 946. The summed E-state index contributed by atoms with van der Waals surface area (Å²) in [7, 11) is 0. The molecule has 0 aliphatic heterocycles. The van der Waals surface area contributed by atoms with Crippen molar-refractivity contribution in [2.24, 2.45) is 58.2 Å². The van der Waals surface area contributed by atoms with Gasteiger partial charge < -0.3 is 20.8 Å². The van der Waals surface area contributed by atoms with Gasteiger partial charge in [-0.15, -0.1) is 0 Å². The second kappa shape index (κ2) is 13.9. The highest BCUT2D eigenvalue weighted by Gasteiger charge is 2.56. The number of aliphatic carboxylic acids is 2. The van der Waals surface area contributed by atoms with Crippen LogP contribution in [0.5, 0.6) is 0 Å². The molecule has 0 bridgehead atoms. The fraction of sp³-hybridized carbons (Fsp3) is 0.879. The molecule has 3 rings (SSSR count). The largest absolute Gasteiger partial charge is 0.481 e. The van der Waals surface area contributed by atoms with Crippen molar-refractivity contribution in [2.75, 3.05) is 13.1 Å². The van der Waals surface area contributed by atoms with E-state index >= 15 is 0 Å². The number of amides is 2. The fourth-order valence-corrected chi connectivity index (χ4v) is 8.40. The molecule has 3 saturated carbocycles. The summed E-state index contributed by atoms with van der Waals surface area (Å²) in [6, 6.07) is 0. The van der Waals surface area contributed by atoms with E-state index in [-0.39, 0.29) is 17.3 Å². The lowest BCUT2D eigenvalue weighted by atomic mass is 9.52. The third-order valence-corrected chi connectivity index (χ3v) is 11.8. The SMILES string of the molecule is CCCC(C)(C)C(C)(CC)CC1CC(CNC(=O)C2C(C(=O)O)CC(C(=O)NCC)C2C(=O)O)C1CCC1CCC1. The van der Waals surface area contributed by atoms with Gasteiger partial charge in [-0.3, -0.25) is 19.2 Å². The minimum absolute atomic E-state index is 0.144. The molecule has 0 aromatic rings. The summed E-state index contributed by atoms with van der Waals surface area (Å²) in [5.74, 6) is -6.16. The molecule has 4 N–H and O–H groups in total. The molecule has 8 heteroatoms. The average molecular weight is 577 g/mol. The predicted octanol–water partition coefficient (Wildman–Crippen LogP) is 5.74. The molecule has 0 aromatic heterocycles. The molecule has 8 unspecified atom stereocenters. The van der Waals surface area contributed by atoms with Gasteiger partial charge in [0.1, 0.15) is 0 Å². The molecule has 234 valence electrons. The number of carbonyl (C=O) groups is 4. The minimum Gasteiger partial charge on any atom is -0.481 e. The fourth-order valence-electron chi connectivity index (χ4n) is 8.40. The molecule has 8 atom stereocenters. The van der Waals surface area contributed by atoms with Crippen molar-refractivity contribution < 1.29 is 29.4 Å². The molecular formula is C33H56N2O6. The van der Waals surface area contributed by atoms with E-state index in [0.29, 0.717) is 30.8 Å². The molecule has 3 aliphatic rings. The lowest BCUT2D eigenvalue weighted by molar-refractivity contribution is -0.153. The van der Waals surface area contributed by atoms with Crippen molar-refractivity contribution in [3.8, 4) is 0 Å². The summed E-state index contributed by atoms with van der Waals surface area (Å²) in [5.41, 5.74) is 0.479. The van der Waals surface area contributed by atoms with Crippen LogP contribution >= 0.6 is 0 Å². The van der Waals surface area contributed by atoms with Crippen LogP contribution in [0.4, 0.5) is 0 Å². The Labute approximate surface area is 247 Å². The number of carboxylic acid groups (broad SMARTS) is 2. The molecule has 2 amide bonds. The lowest BCUT2D eigenvalue weighted by Gasteiger charge is -2.53. The van der Waals surface area contributed by atoms with Crippen LogP contribution in [0.2, 0.25) is 0 Å². The number of hydrogen-bond acceptors (Lipinski definition) is 4. The van der Waals surface area contributed by atoms with Gasteiger partial charge in [-0.2, -0.15) is 0 Å². The minimum atomic E-state index is -1.35. The van der Waals surface area contributed by atoms with E-state index in [0.717, 1.165) is 25.2 Å². The van der Waals surface area contributed by atoms with Crippen LogP contribution < -0.4 is 10.6 Å². The topological polar surface area (TPSA) is 133 Å². The van der Waals surface area contributed by atoms with E-state index in [1.165, 1.54) is 44.9 Å². The van der Waals surface area contributed by atoms with Crippen LogP contribution in [0, 0.1) is 58.2 Å². The van der Waals surface area contributed by atoms with E-state index in [1.54, 1.807) is 6.92 Å². The zero-order chi connectivity index (χ0) is 30.5. The molecule has 41 heavy (non-hydrogen) atoms. The second-order valence-electron chi connectivity index (χ2n) is 14.4. The lowest BCUT2D eigenvalue weighted by Crippen LogP contribution is -2.49. The zero-order valence-electron chi connectivity index (χ0n) is 26.3. The Hall–Kier alpha value is -2.12. The van der Waals surface area contributed by atoms with Gasteiger partial charge in [-0.1, -0.05) is 73.1 Å². The maximum absolute atomic E-state index is 13.5. The van der Waals surface area contributed by atoms with Crippen molar-refractivity contribution in [1.29, 1.82) is 0 Å².